The van der Waals surface area contributed by atoms with Crippen LogP contribution in [0.2, 0.25) is 0 Å². The van der Waals surface area contributed by atoms with E-state index >= 15 is 0 Å². The van der Waals surface area contributed by atoms with E-state index in [2.05, 4.69) is 4.98 Å². The van der Waals surface area contributed by atoms with E-state index in [0.29, 0.717) is 37.4 Å². The molecule has 1 amide bonds. The number of hydrogen-bond donors (Lipinski definition) is 0. The van der Waals surface area contributed by atoms with E-state index in [0.717, 1.165) is 17.9 Å². The van der Waals surface area contributed by atoms with Crippen molar-refractivity contribution in [3.8, 4) is 5.88 Å². The number of pyridine rings is 1. The molecule has 3 rings (SSSR count). The number of carbonyl (C=O) groups excluding carboxylic acids is 2. The van der Waals surface area contributed by atoms with Crippen LogP contribution < -0.4 is 4.74 Å². The summed E-state index contributed by atoms with van der Waals surface area (Å²) in [6.07, 6.45) is 4.13. The minimum Gasteiger partial charge on any atom is -0.473 e. The average molecular weight is 350 g/mol. The lowest BCUT2D eigenvalue weighted by Crippen LogP contribution is -2.40. The van der Waals surface area contributed by atoms with Crippen molar-refractivity contribution in [3.63, 3.8) is 0 Å². The zero-order chi connectivity index (χ0) is 16.9. The van der Waals surface area contributed by atoms with Gasteiger partial charge in [0.05, 0.1) is 18.6 Å². The van der Waals surface area contributed by atoms with Crippen LogP contribution in [-0.4, -0.2) is 59.6 Å². The summed E-state index contributed by atoms with van der Waals surface area (Å²) in [6, 6.07) is 3.52. The number of piperidine rings is 1. The minimum atomic E-state index is -0.185. The van der Waals surface area contributed by atoms with Gasteiger partial charge in [0, 0.05) is 31.1 Å². The lowest BCUT2D eigenvalue weighted by molar-refractivity contribution is -0.146. The average Bonchev–Trinajstić information content (AvgIpc) is 3.14. The zero-order valence-corrected chi connectivity index (χ0v) is 14.6. The van der Waals surface area contributed by atoms with Crippen molar-refractivity contribution in [2.24, 2.45) is 5.92 Å². The fourth-order valence-corrected chi connectivity index (χ4v) is 4.11. The number of amides is 1. The van der Waals surface area contributed by atoms with Crippen molar-refractivity contribution in [3.05, 3.63) is 23.9 Å². The summed E-state index contributed by atoms with van der Waals surface area (Å²) < 4.78 is 10.6. The molecule has 1 aromatic heterocycles. The van der Waals surface area contributed by atoms with Crippen LogP contribution in [0, 0.1) is 5.92 Å². The predicted octanol–water partition coefficient (Wildman–Crippen LogP) is 1.99. The molecule has 0 bridgehead atoms. The van der Waals surface area contributed by atoms with Gasteiger partial charge in [0.2, 0.25) is 5.88 Å². The molecule has 3 heterocycles. The lowest BCUT2D eigenvalue weighted by Gasteiger charge is -2.30. The number of likely N-dealkylation sites (tertiary alicyclic amines) is 1. The summed E-state index contributed by atoms with van der Waals surface area (Å²) in [5, 5.41) is 0. The number of hydrogen-bond acceptors (Lipinski definition) is 6. The molecular weight excluding hydrogens is 328 g/mol. The molecule has 1 unspecified atom stereocenters. The van der Waals surface area contributed by atoms with Gasteiger partial charge in [-0.15, -0.1) is 0 Å². The first-order chi connectivity index (χ1) is 11.7. The topological polar surface area (TPSA) is 68.7 Å². The maximum atomic E-state index is 12.5. The Balaban J connectivity index is 1.54. The van der Waals surface area contributed by atoms with Crippen molar-refractivity contribution >= 4 is 23.6 Å². The first-order valence-electron chi connectivity index (χ1n) is 8.25. The Morgan fingerprint density at radius 3 is 2.62 bits per heavy atom. The quantitative estimate of drug-likeness (QED) is 0.774. The number of nitrogens with zero attached hydrogens (tertiary/aromatic N) is 2. The van der Waals surface area contributed by atoms with E-state index in [4.69, 9.17) is 9.47 Å². The zero-order valence-electron chi connectivity index (χ0n) is 13.8. The number of esters is 1. The number of aromatic nitrogens is 1. The molecule has 0 N–H and O–H groups in total. The minimum absolute atomic E-state index is 0.0474. The van der Waals surface area contributed by atoms with Gasteiger partial charge in [0.25, 0.3) is 5.91 Å². The van der Waals surface area contributed by atoms with E-state index in [1.807, 2.05) is 11.8 Å². The first kappa shape index (κ1) is 17.1. The summed E-state index contributed by atoms with van der Waals surface area (Å²) in [4.78, 5) is 30.1. The van der Waals surface area contributed by atoms with Crippen LogP contribution in [0.1, 0.15) is 29.6 Å². The summed E-state index contributed by atoms with van der Waals surface area (Å²) in [5.41, 5.74) is 0.555. The monoisotopic (exact) mass is 350 g/mol. The predicted molar refractivity (Wildman–Crippen MR) is 91.2 cm³/mol. The molecule has 130 valence electrons. The molecule has 24 heavy (non-hydrogen) atoms. The molecule has 1 aromatic rings. The number of thioether (sulfide) groups is 1. The second-order valence-electron chi connectivity index (χ2n) is 6.08. The van der Waals surface area contributed by atoms with Gasteiger partial charge in [0.15, 0.2) is 0 Å². The molecule has 0 radical (unpaired) electrons. The molecule has 0 saturated carbocycles. The van der Waals surface area contributed by atoms with Crippen LogP contribution >= 0.6 is 11.8 Å². The molecule has 2 aliphatic heterocycles. The molecule has 1 atom stereocenters. The van der Waals surface area contributed by atoms with Crippen LogP contribution in [0.15, 0.2) is 18.3 Å². The maximum Gasteiger partial charge on any atom is 0.308 e. The molecule has 2 fully saturated rings. The fraction of sp³-hybridized carbons (Fsp3) is 0.588. The van der Waals surface area contributed by atoms with Crippen LogP contribution in [0.4, 0.5) is 0 Å². The summed E-state index contributed by atoms with van der Waals surface area (Å²) in [6.45, 7) is 1.13. The van der Waals surface area contributed by atoms with Crippen molar-refractivity contribution in [1.82, 2.24) is 9.88 Å². The standard InChI is InChI=1S/C17H22N2O4S/c1-22-17(21)12-4-7-19(8-5-12)16(20)13-2-3-15(18-10-13)23-14-6-9-24-11-14/h2-3,10,12,14H,4-9,11H2,1H3. The van der Waals surface area contributed by atoms with Gasteiger partial charge in [-0.25, -0.2) is 4.98 Å². The third-order valence-electron chi connectivity index (χ3n) is 4.48. The molecule has 7 heteroatoms. The number of methoxy groups -OCH3 is 1. The second kappa shape index (κ2) is 7.88. The Kier molecular flexibility index (Phi) is 5.60. The largest absolute Gasteiger partial charge is 0.473 e. The summed E-state index contributed by atoms with van der Waals surface area (Å²) in [5.74, 6) is 2.37. The Morgan fingerprint density at radius 2 is 2.04 bits per heavy atom. The Morgan fingerprint density at radius 1 is 1.25 bits per heavy atom. The third-order valence-corrected chi connectivity index (χ3v) is 5.61. The molecule has 2 saturated heterocycles. The van der Waals surface area contributed by atoms with Crippen LogP contribution in [-0.2, 0) is 9.53 Å². The molecule has 2 aliphatic rings. The number of carbonyl (C=O) groups is 2. The van der Waals surface area contributed by atoms with E-state index < -0.39 is 0 Å². The number of rotatable bonds is 4. The maximum absolute atomic E-state index is 12.5. The molecule has 0 aromatic carbocycles. The highest BCUT2D eigenvalue weighted by Gasteiger charge is 2.28. The SMILES string of the molecule is COC(=O)C1CCN(C(=O)c2ccc(OC3CCSC3)nc2)CC1. The van der Waals surface area contributed by atoms with Crippen molar-refractivity contribution in [1.29, 1.82) is 0 Å². The second-order valence-corrected chi connectivity index (χ2v) is 7.23. The summed E-state index contributed by atoms with van der Waals surface area (Å²) in [7, 11) is 1.40. The van der Waals surface area contributed by atoms with Crippen LogP contribution in [0.5, 0.6) is 5.88 Å². The summed E-state index contributed by atoms with van der Waals surface area (Å²) >= 11 is 1.89. The van der Waals surface area contributed by atoms with E-state index in [1.54, 1.807) is 23.2 Å². The van der Waals surface area contributed by atoms with Gasteiger partial charge in [-0.1, -0.05) is 0 Å². The van der Waals surface area contributed by atoms with Crippen LogP contribution in [0.25, 0.3) is 0 Å². The van der Waals surface area contributed by atoms with Crippen molar-refractivity contribution in [2.45, 2.75) is 25.4 Å². The molecule has 0 spiro atoms. The van der Waals surface area contributed by atoms with Gasteiger partial charge < -0.3 is 14.4 Å². The molecular formula is C17H22N2O4S. The molecule has 6 nitrogen and oxygen atoms in total. The first-order valence-corrected chi connectivity index (χ1v) is 9.40. The van der Waals surface area contributed by atoms with Gasteiger partial charge in [-0.05, 0) is 31.1 Å². The van der Waals surface area contributed by atoms with Crippen molar-refractivity contribution in [2.75, 3.05) is 31.7 Å². The smallest absolute Gasteiger partial charge is 0.308 e. The normalized spacial score (nSPS) is 21.5. The van der Waals surface area contributed by atoms with E-state index in [-0.39, 0.29) is 23.9 Å². The van der Waals surface area contributed by atoms with Gasteiger partial charge >= 0.3 is 5.97 Å². The van der Waals surface area contributed by atoms with Crippen molar-refractivity contribution < 1.29 is 19.1 Å². The molecule has 0 aliphatic carbocycles. The lowest BCUT2D eigenvalue weighted by atomic mass is 9.96. The number of ether oxygens (including phenoxy) is 2. The Bertz CT molecular complexity index is 579. The Labute approximate surface area is 145 Å². The Hall–Kier alpha value is -1.76. The highest BCUT2D eigenvalue weighted by molar-refractivity contribution is 7.99. The fourth-order valence-electron chi connectivity index (χ4n) is 3.02. The van der Waals surface area contributed by atoms with Gasteiger partial charge in [-0.3, -0.25) is 9.59 Å². The van der Waals surface area contributed by atoms with E-state index in [9.17, 15) is 9.59 Å². The van der Waals surface area contributed by atoms with E-state index in [1.165, 1.54) is 7.11 Å². The van der Waals surface area contributed by atoms with Gasteiger partial charge in [0.1, 0.15) is 6.10 Å². The van der Waals surface area contributed by atoms with Crippen LogP contribution in [0.3, 0.4) is 0 Å². The highest BCUT2D eigenvalue weighted by Crippen LogP contribution is 2.23. The van der Waals surface area contributed by atoms with Gasteiger partial charge in [-0.2, -0.15) is 11.8 Å². The third kappa shape index (κ3) is 4.01. The highest BCUT2D eigenvalue weighted by atomic mass is 32.2.